The Hall–Kier alpha value is -2.26. The number of benzene rings is 2. The lowest BCUT2D eigenvalue weighted by atomic mass is 10.1. The third kappa shape index (κ3) is 6.37. The number of carbonyl (C=O) groups excluding carboxylic acids is 1. The van der Waals surface area contributed by atoms with E-state index in [9.17, 15) is 4.79 Å². The van der Waals surface area contributed by atoms with Crippen molar-refractivity contribution in [3.63, 3.8) is 0 Å². The monoisotopic (exact) mass is 539 g/mol. The second kappa shape index (κ2) is 11.8. The van der Waals surface area contributed by atoms with Gasteiger partial charge in [0, 0.05) is 54.9 Å². The maximum Gasteiger partial charge on any atom is 0.251 e. The minimum Gasteiger partial charge on any atom is -0.361 e. The molecule has 1 heterocycles. The van der Waals surface area contributed by atoms with Crippen LogP contribution >= 0.6 is 35.6 Å². The van der Waals surface area contributed by atoms with Crippen LogP contribution in [0, 0.1) is 0 Å². The summed E-state index contributed by atoms with van der Waals surface area (Å²) in [5.74, 6) is 0.682. The second-order valence-electron chi connectivity index (χ2n) is 6.71. The number of aromatic nitrogens is 1. The highest BCUT2D eigenvalue weighted by atomic mass is 127. The number of guanidine groups is 1. The molecule has 0 aliphatic carbocycles. The van der Waals surface area contributed by atoms with E-state index in [1.54, 1.807) is 14.1 Å². The summed E-state index contributed by atoms with van der Waals surface area (Å²) in [4.78, 5) is 19.3. The van der Waals surface area contributed by atoms with Crippen molar-refractivity contribution in [2.75, 3.05) is 27.2 Å². The van der Waals surface area contributed by atoms with Crippen molar-refractivity contribution >= 4 is 58.3 Å². The Bertz CT molecular complexity index is 1020. The number of aliphatic imine (C=N–C) groups is 1. The number of hydrogen-bond acceptors (Lipinski definition) is 2. The average Bonchev–Trinajstić information content (AvgIpc) is 3.14. The van der Waals surface area contributed by atoms with Crippen LogP contribution < -0.4 is 16.0 Å². The lowest BCUT2D eigenvalue weighted by molar-refractivity contribution is 0.0963. The van der Waals surface area contributed by atoms with Gasteiger partial charge in [-0.3, -0.25) is 9.79 Å². The number of aromatic amines is 1. The van der Waals surface area contributed by atoms with Gasteiger partial charge in [-0.15, -0.1) is 24.0 Å². The fourth-order valence-electron chi connectivity index (χ4n) is 3.23. The number of carbonyl (C=O) groups is 1. The summed E-state index contributed by atoms with van der Waals surface area (Å²) in [5, 5.41) is 11.2. The lowest BCUT2D eigenvalue weighted by Crippen LogP contribution is -2.39. The SMILES string of the molecule is CN=C(NCCc1cccc(C(=O)NC)c1)NCCc1c[nH]c2ccc(Cl)cc12.I. The number of halogens is 2. The van der Waals surface area contributed by atoms with E-state index in [1.807, 2.05) is 48.7 Å². The molecule has 6 nitrogen and oxygen atoms in total. The van der Waals surface area contributed by atoms with Crippen LogP contribution in [0.2, 0.25) is 5.02 Å². The topological polar surface area (TPSA) is 81.3 Å². The highest BCUT2D eigenvalue weighted by Gasteiger charge is 2.06. The van der Waals surface area contributed by atoms with Gasteiger partial charge in [-0.1, -0.05) is 23.7 Å². The summed E-state index contributed by atoms with van der Waals surface area (Å²) in [6.07, 6.45) is 3.68. The van der Waals surface area contributed by atoms with Crippen molar-refractivity contribution in [3.05, 3.63) is 70.4 Å². The standard InChI is InChI=1S/C22H26ClN5O.HI/c1-24-21(29)16-5-3-4-15(12-16)8-10-26-22(25-2)27-11-9-17-14-28-20-7-6-18(23)13-19(17)20;/h3-7,12-14,28H,8-11H2,1-2H3,(H,24,29)(H2,25,26,27);1H. The number of rotatable bonds is 7. The molecule has 3 rings (SSSR count). The molecule has 0 bridgehead atoms. The zero-order chi connectivity index (χ0) is 20.6. The van der Waals surface area contributed by atoms with E-state index in [0.717, 1.165) is 53.4 Å². The van der Waals surface area contributed by atoms with Gasteiger partial charge in [-0.2, -0.15) is 0 Å². The Morgan fingerprint density at radius 2 is 1.87 bits per heavy atom. The predicted octanol–water partition coefficient (Wildman–Crippen LogP) is 3.75. The minimum atomic E-state index is -0.0733. The maximum absolute atomic E-state index is 11.7. The van der Waals surface area contributed by atoms with Crippen LogP contribution in [0.5, 0.6) is 0 Å². The predicted molar refractivity (Wildman–Crippen MR) is 135 cm³/mol. The van der Waals surface area contributed by atoms with Gasteiger partial charge in [-0.05, 0) is 54.3 Å². The number of nitrogens with zero attached hydrogens (tertiary/aromatic N) is 1. The van der Waals surface area contributed by atoms with E-state index in [1.165, 1.54) is 5.56 Å². The highest BCUT2D eigenvalue weighted by molar-refractivity contribution is 14.0. The van der Waals surface area contributed by atoms with Crippen molar-refractivity contribution in [3.8, 4) is 0 Å². The molecule has 8 heteroatoms. The third-order valence-electron chi connectivity index (χ3n) is 4.76. The largest absolute Gasteiger partial charge is 0.361 e. The first-order valence-electron chi connectivity index (χ1n) is 9.61. The van der Waals surface area contributed by atoms with Crippen molar-refractivity contribution in [1.29, 1.82) is 0 Å². The summed E-state index contributed by atoms with van der Waals surface area (Å²) in [6, 6.07) is 13.5. The van der Waals surface area contributed by atoms with Crippen LogP contribution in [0.25, 0.3) is 10.9 Å². The zero-order valence-electron chi connectivity index (χ0n) is 17.1. The molecular weight excluding hydrogens is 513 g/mol. The molecule has 0 saturated carbocycles. The highest BCUT2D eigenvalue weighted by Crippen LogP contribution is 2.22. The maximum atomic E-state index is 11.7. The normalized spacial score (nSPS) is 11.1. The second-order valence-corrected chi connectivity index (χ2v) is 7.15. The van der Waals surface area contributed by atoms with E-state index < -0.39 is 0 Å². The third-order valence-corrected chi connectivity index (χ3v) is 5.00. The Balaban J connectivity index is 0.00000320. The van der Waals surface area contributed by atoms with Crippen LogP contribution in [0.3, 0.4) is 0 Å². The lowest BCUT2D eigenvalue weighted by Gasteiger charge is -2.12. The molecule has 0 radical (unpaired) electrons. The summed E-state index contributed by atoms with van der Waals surface area (Å²) in [7, 11) is 3.39. The van der Waals surface area contributed by atoms with Crippen molar-refractivity contribution < 1.29 is 4.79 Å². The van der Waals surface area contributed by atoms with Crippen LogP contribution in [0.4, 0.5) is 0 Å². The summed E-state index contributed by atoms with van der Waals surface area (Å²) in [6.45, 7) is 1.48. The fourth-order valence-corrected chi connectivity index (χ4v) is 3.40. The minimum absolute atomic E-state index is 0. The zero-order valence-corrected chi connectivity index (χ0v) is 20.2. The first-order valence-corrected chi connectivity index (χ1v) is 9.99. The van der Waals surface area contributed by atoms with Gasteiger partial charge in [-0.25, -0.2) is 0 Å². The molecule has 0 fully saturated rings. The Morgan fingerprint density at radius 1 is 1.10 bits per heavy atom. The number of H-pyrrole nitrogens is 1. The molecule has 160 valence electrons. The smallest absolute Gasteiger partial charge is 0.251 e. The molecule has 0 aliphatic heterocycles. The van der Waals surface area contributed by atoms with E-state index >= 15 is 0 Å². The average molecular weight is 540 g/mol. The molecule has 0 saturated heterocycles. The van der Waals surface area contributed by atoms with Crippen molar-refractivity contribution in [2.45, 2.75) is 12.8 Å². The molecule has 0 atom stereocenters. The number of amides is 1. The van der Waals surface area contributed by atoms with Gasteiger partial charge in [0.15, 0.2) is 5.96 Å². The molecule has 0 unspecified atom stereocenters. The van der Waals surface area contributed by atoms with Crippen molar-refractivity contribution in [1.82, 2.24) is 20.9 Å². The van der Waals surface area contributed by atoms with Gasteiger partial charge in [0.1, 0.15) is 0 Å². The first kappa shape index (κ1) is 24.0. The fraction of sp³-hybridized carbons (Fsp3) is 0.273. The molecule has 0 spiro atoms. The van der Waals surface area contributed by atoms with Gasteiger partial charge in [0.2, 0.25) is 0 Å². The molecule has 30 heavy (non-hydrogen) atoms. The quantitative estimate of drug-likeness (QED) is 0.210. The molecule has 2 aromatic carbocycles. The number of nitrogens with one attached hydrogen (secondary N) is 4. The van der Waals surface area contributed by atoms with Gasteiger partial charge in [0.05, 0.1) is 0 Å². The van der Waals surface area contributed by atoms with E-state index in [4.69, 9.17) is 11.6 Å². The first-order chi connectivity index (χ1) is 14.1. The van der Waals surface area contributed by atoms with Crippen LogP contribution in [-0.4, -0.2) is 44.0 Å². The van der Waals surface area contributed by atoms with Crippen molar-refractivity contribution in [2.24, 2.45) is 4.99 Å². The molecule has 1 amide bonds. The van der Waals surface area contributed by atoms with Gasteiger partial charge in [0.25, 0.3) is 5.91 Å². The summed E-state index contributed by atoms with van der Waals surface area (Å²) >= 11 is 6.12. The molecule has 0 aliphatic rings. The van der Waals surface area contributed by atoms with Crippen LogP contribution in [0.15, 0.2) is 53.7 Å². The van der Waals surface area contributed by atoms with E-state index in [0.29, 0.717) is 5.56 Å². The summed E-state index contributed by atoms with van der Waals surface area (Å²) < 4.78 is 0. The van der Waals surface area contributed by atoms with Gasteiger partial charge >= 0.3 is 0 Å². The van der Waals surface area contributed by atoms with E-state index in [-0.39, 0.29) is 29.9 Å². The Morgan fingerprint density at radius 3 is 2.60 bits per heavy atom. The Labute approximate surface area is 198 Å². The van der Waals surface area contributed by atoms with Crippen LogP contribution in [-0.2, 0) is 12.8 Å². The number of hydrogen-bond donors (Lipinski definition) is 4. The Kier molecular flexibility index (Phi) is 9.45. The van der Waals surface area contributed by atoms with Gasteiger partial charge < -0.3 is 20.9 Å². The molecule has 3 aromatic rings. The van der Waals surface area contributed by atoms with Crippen LogP contribution in [0.1, 0.15) is 21.5 Å². The molecule has 4 N–H and O–H groups in total. The molecule has 1 aromatic heterocycles. The van der Waals surface area contributed by atoms with E-state index in [2.05, 4.69) is 25.9 Å². The number of fused-ring (bicyclic) bond motifs is 1. The summed E-state index contributed by atoms with van der Waals surface area (Å²) in [5.41, 5.74) is 4.08. The molecular formula is C22H27ClIN5O.